The van der Waals surface area contributed by atoms with Crippen molar-refractivity contribution in [1.29, 1.82) is 0 Å². The Morgan fingerprint density at radius 2 is 2.00 bits per heavy atom. The second-order valence-corrected chi connectivity index (χ2v) is 2.80. The van der Waals surface area contributed by atoms with Gasteiger partial charge in [0, 0.05) is 5.39 Å². The summed E-state index contributed by atoms with van der Waals surface area (Å²) in [7, 11) is 1.63. The van der Waals surface area contributed by atoms with E-state index in [-0.39, 0.29) is 24.8 Å². The normalized spacial score (nSPS) is 8.87. The number of para-hydroxylation sites is 1. The molecule has 1 heterocycles. The Bertz CT molecular complexity index is 448. The molecule has 0 spiro atoms. The number of halogens is 2. The first kappa shape index (κ1) is 13.8. The Labute approximate surface area is 100 Å². The number of hydrogen-bond donors (Lipinski definition) is 1. The molecule has 5 heteroatoms. The molecule has 0 fully saturated rings. The Kier molecular flexibility index (Phi) is 5.19. The number of nitrogens with two attached hydrogens (primary N) is 1. The third-order valence-electron chi connectivity index (χ3n) is 1.92. The van der Waals surface area contributed by atoms with Crippen molar-refractivity contribution in [2.75, 3.05) is 12.8 Å². The lowest BCUT2D eigenvalue weighted by Gasteiger charge is -2.03. The summed E-state index contributed by atoms with van der Waals surface area (Å²) >= 11 is 0. The molecule has 0 saturated heterocycles. The van der Waals surface area contributed by atoms with Crippen LogP contribution in [0.5, 0.6) is 5.75 Å². The number of pyridine rings is 1. The second kappa shape index (κ2) is 5.63. The van der Waals surface area contributed by atoms with Gasteiger partial charge in [-0.15, -0.1) is 24.8 Å². The maximum absolute atomic E-state index is 5.61. The summed E-state index contributed by atoms with van der Waals surface area (Å²) in [6.07, 6.45) is 1.63. The van der Waals surface area contributed by atoms with Crippen molar-refractivity contribution >= 4 is 41.4 Å². The topological polar surface area (TPSA) is 48.1 Å². The SMILES string of the molecule is COc1cccc2cc(N)cnc12.Cl.Cl. The van der Waals surface area contributed by atoms with Crippen molar-refractivity contribution in [3.05, 3.63) is 30.5 Å². The Morgan fingerprint density at radius 3 is 2.67 bits per heavy atom. The maximum Gasteiger partial charge on any atom is 0.145 e. The van der Waals surface area contributed by atoms with Crippen molar-refractivity contribution in [3.8, 4) is 5.75 Å². The minimum atomic E-state index is 0. The van der Waals surface area contributed by atoms with Gasteiger partial charge in [-0.05, 0) is 12.1 Å². The summed E-state index contributed by atoms with van der Waals surface area (Å²) in [4.78, 5) is 4.20. The van der Waals surface area contributed by atoms with E-state index in [4.69, 9.17) is 10.5 Å². The standard InChI is InChI=1S/C10H10N2O.2ClH/c1-13-9-4-2-3-7-5-8(11)6-12-10(7)9;;/h2-6H,11H2,1H3;2*1H. The van der Waals surface area contributed by atoms with Gasteiger partial charge in [0.2, 0.25) is 0 Å². The molecule has 1 aromatic carbocycles. The van der Waals surface area contributed by atoms with Crippen LogP contribution in [0, 0.1) is 0 Å². The van der Waals surface area contributed by atoms with Crippen molar-refractivity contribution in [2.24, 2.45) is 0 Å². The lowest BCUT2D eigenvalue weighted by Crippen LogP contribution is -1.90. The molecule has 0 aliphatic rings. The van der Waals surface area contributed by atoms with Crippen LogP contribution < -0.4 is 10.5 Å². The van der Waals surface area contributed by atoms with Crippen LogP contribution in [0.4, 0.5) is 5.69 Å². The van der Waals surface area contributed by atoms with Crippen LogP contribution in [0.2, 0.25) is 0 Å². The summed E-state index contributed by atoms with van der Waals surface area (Å²) in [6.45, 7) is 0. The molecule has 0 aliphatic heterocycles. The molecule has 2 rings (SSSR count). The highest BCUT2D eigenvalue weighted by Gasteiger charge is 2.01. The van der Waals surface area contributed by atoms with Gasteiger partial charge in [-0.2, -0.15) is 0 Å². The lowest BCUT2D eigenvalue weighted by molar-refractivity contribution is 0.419. The molecule has 0 radical (unpaired) electrons. The number of nitrogen functional groups attached to an aromatic ring is 1. The third kappa shape index (κ3) is 2.64. The van der Waals surface area contributed by atoms with Gasteiger partial charge in [-0.3, -0.25) is 4.98 Å². The van der Waals surface area contributed by atoms with E-state index in [1.807, 2.05) is 24.3 Å². The zero-order valence-electron chi connectivity index (χ0n) is 8.14. The smallest absolute Gasteiger partial charge is 0.145 e. The number of hydrogen-bond acceptors (Lipinski definition) is 3. The van der Waals surface area contributed by atoms with E-state index in [1.165, 1.54) is 0 Å². The number of ether oxygens (including phenoxy) is 1. The zero-order valence-corrected chi connectivity index (χ0v) is 9.77. The van der Waals surface area contributed by atoms with Crippen LogP contribution in [0.3, 0.4) is 0 Å². The summed E-state index contributed by atoms with van der Waals surface area (Å²) in [6, 6.07) is 7.64. The largest absolute Gasteiger partial charge is 0.494 e. The fourth-order valence-corrected chi connectivity index (χ4v) is 1.31. The van der Waals surface area contributed by atoms with Gasteiger partial charge in [0.15, 0.2) is 0 Å². The molecule has 0 aliphatic carbocycles. The van der Waals surface area contributed by atoms with Gasteiger partial charge in [0.05, 0.1) is 19.0 Å². The molecule has 0 atom stereocenters. The molecule has 0 saturated carbocycles. The van der Waals surface area contributed by atoms with E-state index in [0.29, 0.717) is 5.69 Å². The molecule has 15 heavy (non-hydrogen) atoms. The molecule has 0 amide bonds. The highest BCUT2D eigenvalue weighted by Crippen LogP contribution is 2.23. The summed E-state index contributed by atoms with van der Waals surface area (Å²) < 4.78 is 5.16. The van der Waals surface area contributed by atoms with Gasteiger partial charge < -0.3 is 10.5 Å². The number of anilines is 1. The quantitative estimate of drug-likeness (QED) is 0.842. The Balaban J connectivity index is 0.000000980. The van der Waals surface area contributed by atoms with Crippen molar-refractivity contribution in [3.63, 3.8) is 0 Å². The maximum atomic E-state index is 5.61. The van der Waals surface area contributed by atoms with Gasteiger partial charge in [-0.25, -0.2) is 0 Å². The van der Waals surface area contributed by atoms with Crippen LogP contribution in [-0.4, -0.2) is 12.1 Å². The molecule has 2 aromatic rings. The number of rotatable bonds is 1. The number of fused-ring (bicyclic) bond motifs is 1. The van der Waals surface area contributed by atoms with E-state index >= 15 is 0 Å². The molecule has 0 unspecified atom stereocenters. The minimum Gasteiger partial charge on any atom is -0.494 e. The van der Waals surface area contributed by atoms with Gasteiger partial charge in [0.1, 0.15) is 11.3 Å². The predicted molar refractivity (Wildman–Crippen MR) is 67.2 cm³/mol. The monoisotopic (exact) mass is 246 g/mol. The highest BCUT2D eigenvalue weighted by molar-refractivity contribution is 5.86. The fraction of sp³-hybridized carbons (Fsp3) is 0.100. The number of nitrogens with zero attached hydrogens (tertiary/aromatic N) is 1. The third-order valence-corrected chi connectivity index (χ3v) is 1.92. The summed E-state index contributed by atoms with van der Waals surface area (Å²) in [5, 5.41) is 0.999. The van der Waals surface area contributed by atoms with E-state index < -0.39 is 0 Å². The highest BCUT2D eigenvalue weighted by atomic mass is 35.5. The second-order valence-electron chi connectivity index (χ2n) is 2.80. The average Bonchev–Trinajstić information content (AvgIpc) is 2.16. The predicted octanol–water partition coefficient (Wildman–Crippen LogP) is 2.67. The molecule has 2 N–H and O–H groups in total. The van der Waals surface area contributed by atoms with E-state index in [2.05, 4.69) is 4.98 Å². The molecule has 82 valence electrons. The van der Waals surface area contributed by atoms with Crippen LogP contribution in [0.1, 0.15) is 0 Å². The Hall–Kier alpha value is -1.19. The summed E-state index contributed by atoms with van der Waals surface area (Å²) in [5.41, 5.74) is 7.13. The van der Waals surface area contributed by atoms with Crippen LogP contribution in [0.15, 0.2) is 30.5 Å². The van der Waals surface area contributed by atoms with Crippen molar-refractivity contribution < 1.29 is 4.74 Å². The van der Waals surface area contributed by atoms with E-state index in [9.17, 15) is 0 Å². The van der Waals surface area contributed by atoms with E-state index in [0.717, 1.165) is 16.7 Å². The molecule has 0 bridgehead atoms. The first-order valence-corrected chi connectivity index (χ1v) is 3.99. The van der Waals surface area contributed by atoms with Crippen molar-refractivity contribution in [2.45, 2.75) is 0 Å². The van der Waals surface area contributed by atoms with Gasteiger partial charge >= 0.3 is 0 Å². The number of benzene rings is 1. The van der Waals surface area contributed by atoms with Crippen LogP contribution >= 0.6 is 24.8 Å². The molecule has 3 nitrogen and oxygen atoms in total. The molecular formula is C10H12Cl2N2O. The molecular weight excluding hydrogens is 235 g/mol. The first-order valence-electron chi connectivity index (χ1n) is 3.99. The average molecular weight is 247 g/mol. The van der Waals surface area contributed by atoms with Crippen LogP contribution in [-0.2, 0) is 0 Å². The number of aromatic nitrogens is 1. The minimum absolute atomic E-state index is 0. The van der Waals surface area contributed by atoms with Crippen molar-refractivity contribution in [1.82, 2.24) is 4.98 Å². The van der Waals surface area contributed by atoms with Crippen LogP contribution in [0.25, 0.3) is 10.9 Å². The van der Waals surface area contributed by atoms with E-state index in [1.54, 1.807) is 13.3 Å². The van der Waals surface area contributed by atoms with Gasteiger partial charge in [-0.1, -0.05) is 12.1 Å². The Morgan fingerprint density at radius 1 is 1.27 bits per heavy atom. The molecule has 1 aromatic heterocycles. The summed E-state index contributed by atoms with van der Waals surface area (Å²) in [5.74, 6) is 0.775. The number of methoxy groups -OCH3 is 1. The zero-order chi connectivity index (χ0) is 9.26. The van der Waals surface area contributed by atoms with Gasteiger partial charge in [0.25, 0.3) is 0 Å². The lowest BCUT2D eigenvalue weighted by atomic mass is 10.2. The first-order chi connectivity index (χ1) is 6.31. The fourth-order valence-electron chi connectivity index (χ4n) is 1.31.